The molecule has 0 aliphatic carbocycles. The maximum atomic E-state index is 6.36. The zero-order chi connectivity index (χ0) is 13.9. The van der Waals surface area contributed by atoms with Crippen molar-refractivity contribution in [2.24, 2.45) is 5.73 Å². The first-order chi connectivity index (χ1) is 9.75. The number of aromatic nitrogens is 1. The number of benzene rings is 1. The summed E-state index contributed by atoms with van der Waals surface area (Å²) in [7, 11) is 0. The van der Waals surface area contributed by atoms with Crippen LogP contribution in [-0.4, -0.2) is 11.6 Å². The molecular formula is C17H20N2O. The second-order valence-corrected chi connectivity index (χ2v) is 5.38. The summed E-state index contributed by atoms with van der Waals surface area (Å²) in [6.45, 7) is 2.85. The first kappa shape index (κ1) is 13.3. The summed E-state index contributed by atoms with van der Waals surface area (Å²) in [6.07, 6.45) is 5.55. The summed E-state index contributed by atoms with van der Waals surface area (Å²) < 4.78 is 5.94. The fourth-order valence-electron chi connectivity index (χ4n) is 2.89. The van der Waals surface area contributed by atoms with Crippen molar-refractivity contribution in [1.82, 2.24) is 4.98 Å². The highest BCUT2D eigenvalue weighted by Crippen LogP contribution is 2.33. The van der Waals surface area contributed by atoms with E-state index in [4.69, 9.17) is 10.5 Å². The van der Waals surface area contributed by atoms with Crippen molar-refractivity contribution >= 4 is 0 Å². The Hall–Kier alpha value is -1.71. The molecule has 3 nitrogen and oxygen atoms in total. The van der Waals surface area contributed by atoms with Crippen molar-refractivity contribution in [3.05, 3.63) is 65.0 Å². The van der Waals surface area contributed by atoms with Crippen molar-refractivity contribution < 1.29 is 4.74 Å². The summed E-state index contributed by atoms with van der Waals surface area (Å²) in [6, 6.07) is 10.5. The third-order valence-corrected chi connectivity index (χ3v) is 4.04. The molecule has 0 spiro atoms. The molecule has 2 unspecified atom stereocenters. The van der Waals surface area contributed by atoms with Gasteiger partial charge in [-0.3, -0.25) is 4.98 Å². The molecule has 0 bridgehead atoms. The highest BCUT2D eigenvalue weighted by Gasteiger charge is 2.23. The van der Waals surface area contributed by atoms with E-state index >= 15 is 0 Å². The first-order valence-electron chi connectivity index (χ1n) is 7.11. The number of rotatable bonds is 3. The molecule has 2 atom stereocenters. The van der Waals surface area contributed by atoms with Crippen LogP contribution in [0.5, 0.6) is 0 Å². The smallest absolute Gasteiger partial charge is 0.0845 e. The van der Waals surface area contributed by atoms with Crippen molar-refractivity contribution in [2.45, 2.75) is 31.9 Å². The summed E-state index contributed by atoms with van der Waals surface area (Å²) in [5, 5.41) is 0. The number of nitrogens with two attached hydrogens (primary N) is 1. The van der Waals surface area contributed by atoms with E-state index in [-0.39, 0.29) is 12.1 Å². The minimum Gasteiger partial charge on any atom is -0.373 e. The number of hydrogen-bond donors (Lipinski definition) is 1. The average Bonchev–Trinajstić information content (AvgIpc) is 2.48. The summed E-state index contributed by atoms with van der Waals surface area (Å²) in [5.41, 5.74) is 11.3. The zero-order valence-corrected chi connectivity index (χ0v) is 11.8. The van der Waals surface area contributed by atoms with Gasteiger partial charge in [-0.25, -0.2) is 0 Å². The molecule has 3 heteroatoms. The maximum Gasteiger partial charge on any atom is 0.0845 e. The highest BCUT2D eigenvalue weighted by atomic mass is 16.5. The van der Waals surface area contributed by atoms with Crippen molar-refractivity contribution in [2.75, 3.05) is 6.61 Å². The summed E-state index contributed by atoms with van der Waals surface area (Å²) in [5.74, 6) is 0. The van der Waals surface area contributed by atoms with Crippen LogP contribution in [-0.2, 0) is 11.2 Å². The monoisotopic (exact) mass is 268 g/mol. The zero-order valence-electron chi connectivity index (χ0n) is 11.8. The van der Waals surface area contributed by atoms with Gasteiger partial charge in [0.2, 0.25) is 0 Å². The molecule has 0 amide bonds. The Balaban J connectivity index is 1.81. The van der Waals surface area contributed by atoms with E-state index in [0.29, 0.717) is 0 Å². The Labute approximate surface area is 119 Å². The van der Waals surface area contributed by atoms with Crippen molar-refractivity contribution in [1.29, 1.82) is 0 Å². The van der Waals surface area contributed by atoms with Crippen LogP contribution in [0.3, 0.4) is 0 Å². The lowest BCUT2D eigenvalue weighted by atomic mass is 9.91. The number of aryl methyl sites for hydroxylation is 1. The number of fused-ring (bicyclic) bond motifs is 1. The Bertz CT molecular complexity index is 597. The van der Waals surface area contributed by atoms with Crippen LogP contribution in [0.25, 0.3) is 0 Å². The molecule has 0 saturated carbocycles. The Kier molecular flexibility index (Phi) is 3.81. The van der Waals surface area contributed by atoms with Gasteiger partial charge in [0, 0.05) is 18.4 Å². The lowest BCUT2D eigenvalue weighted by Crippen LogP contribution is -2.22. The van der Waals surface area contributed by atoms with Gasteiger partial charge in [-0.05, 0) is 48.1 Å². The Morgan fingerprint density at radius 3 is 3.05 bits per heavy atom. The van der Waals surface area contributed by atoms with E-state index in [1.165, 1.54) is 16.7 Å². The van der Waals surface area contributed by atoms with Gasteiger partial charge in [0.1, 0.15) is 0 Å². The van der Waals surface area contributed by atoms with Crippen molar-refractivity contribution in [3.8, 4) is 0 Å². The molecule has 3 rings (SSSR count). The third kappa shape index (κ3) is 2.60. The van der Waals surface area contributed by atoms with Crippen molar-refractivity contribution in [3.63, 3.8) is 0 Å². The highest BCUT2D eigenvalue weighted by molar-refractivity contribution is 5.32. The average molecular weight is 268 g/mol. The Morgan fingerprint density at radius 1 is 1.35 bits per heavy atom. The van der Waals surface area contributed by atoms with Gasteiger partial charge in [-0.1, -0.05) is 24.3 Å². The second-order valence-electron chi connectivity index (χ2n) is 5.38. The molecule has 0 saturated heterocycles. The largest absolute Gasteiger partial charge is 0.373 e. The minimum absolute atomic E-state index is 0.0418. The fraction of sp³-hybridized carbons (Fsp3) is 0.353. The van der Waals surface area contributed by atoms with Crippen LogP contribution < -0.4 is 5.73 Å². The van der Waals surface area contributed by atoms with Gasteiger partial charge < -0.3 is 10.5 Å². The summed E-state index contributed by atoms with van der Waals surface area (Å²) >= 11 is 0. The van der Waals surface area contributed by atoms with Crippen LogP contribution >= 0.6 is 0 Å². The molecule has 2 N–H and O–H groups in total. The van der Waals surface area contributed by atoms with Gasteiger partial charge in [0.05, 0.1) is 12.7 Å². The molecule has 2 aromatic rings. The van der Waals surface area contributed by atoms with Gasteiger partial charge in [0.15, 0.2) is 0 Å². The van der Waals surface area contributed by atoms with Crippen LogP contribution in [0.15, 0.2) is 42.7 Å². The first-order valence-corrected chi connectivity index (χ1v) is 7.11. The molecule has 1 aromatic carbocycles. The van der Waals surface area contributed by atoms with Crippen LogP contribution in [0, 0.1) is 6.92 Å². The van der Waals surface area contributed by atoms with Crippen LogP contribution in [0.1, 0.15) is 40.8 Å². The number of hydrogen-bond acceptors (Lipinski definition) is 3. The van der Waals surface area contributed by atoms with Gasteiger partial charge >= 0.3 is 0 Å². The predicted molar refractivity (Wildman–Crippen MR) is 79.4 cm³/mol. The maximum absolute atomic E-state index is 6.36. The van der Waals surface area contributed by atoms with E-state index in [0.717, 1.165) is 25.0 Å². The number of nitrogens with zero attached hydrogens (tertiary/aromatic N) is 1. The molecule has 1 aromatic heterocycles. The molecule has 2 heterocycles. The molecule has 0 radical (unpaired) electrons. The lowest BCUT2D eigenvalue weighted by molar-refractivity contribution is 0.0319. The van der Waals surface area contributed by atoms with E-state index in [2.05, 4.69) is 36.2 Å². The molecule has 104 valence electrons. The fourth-order valence-corrected chi connectivity index (χ4v) is 2.89. The lowest BCUT2D eigenvalue weighted by Gasteiger charge is -2.28. The van der Waals surface area contributed by atoms with Gasteiger partial charge in [0.25, 0.3) is 0 Å². The number of pyridine rings is 1. The van der Waals surface area contributed by atoms with Crippen LogP contribution in [0.4, 0.5) is 0 Å². The Morgan fingerprint density at radius 2 is 2.20 bits per heavy atom. The van der Waals surface area contributed by atoms with Gasteiger partial charge in [-0.2, -0.15) is 0 Å². The van der Waals surface area contributed by atoms with Gasteiger partial charge in [-0.15, -0.1) is 0 Å². The van der Waals surface area contributed by atoms with Crippen LogP contribution in [0.2, 0.25) is 0 Å². The standard InChI is InChI=1S/C17H20N2O/c1-12-6-8-19-11-15(12)16(18)10-17-14-5-3-2-4-13(14)7-9-20-17/h2-6,8,11,16-17H,7,9-10,18H2,1H3. The topological polar surface area (TPSA) is 48.1 Å². The third-order valence-electron chi connectivity index (χ3n) is 4.04. The van der Waals surface area contributed by atoms with E-state index in [1.807, 2.05) is 12.3 Å². The molecular weight excluding hydrogens is 248 g/mol. The van der Waals surface area contributed by atoms with E-state index in [9.17, 15) is 0 Å². The molecule has 0 fully saturated rings. The molecule has 20 heavy (non-hydrogen) atoms. The second kappa shape index (κ2) is 5.73. The normalized spacial score (nSPS) is 19.4. The SMILES string of the molecule is Cc1ccncc1C(N)CC1OCCc2ccccc21. The van der Waals surface area contributed by atoms with E-state index in [1.54, 1.807) is 6.20 Å². The van der Waals surface area contributed by atoms with E-state index < -0.39 is 0 Å². The minimum atomic E-state index is -0.0418. The summed E-state index contributed by atoms with van der Waals surface area (Å²) in [4.78, 5) is 4.18. The molecule has 1 aliphatic rings. The number of ether oxygens (including phenoxy) is 1. The quantitative estimate of drug-likeness (QED) is 0.930. The predicted octanol–water partition coefficient (Wildman–Crippen LogP) is 3.09. The molecule has 1 aliphatic heterocycles.